The summed E-state index contributed by atoms with van der Waals surface area (Å²) >= 11 is 4.52. The summed E-state index contributed by atoms with van der Waals surface area (Å²) in [5.41, 5.74) is 7.79. The van der Waals surface area contributed by atoms with E-state index in [1.165, 1.54) is 11.3 Å². The SMILES string of the molecule is Cc1cc(S(=O)(=O)NCC(N)c2ccccc2)sc1Br. The van der Waals surface area contributed by atoms with Gasteiger partial charge < -0.3 is 5.73 Å². The number of hydrogen-bond donors (Lipinski definition) is 2. The van der Waals surface area contributed by atoms with Gasteiger partial charge in [0.25, 0.3) is 0 Å². The van der Waals surface area contributed by atoms with Crippen LogP contribution in [0.4, 0.5) is 0 Å². The Balaban J connectivity index is 2.06. The summed E-state index contributed by atoms with van der Waals surface area (Å²) in [7, 11) is -3.51. The van der Waals surface area contributed by atoms with Crippen molar-refractivity contribution in [3.05, 3.63) is 51.3 Å². The molecule has 0 radical (unpaired) electrons. The first-order chi connectivity index (χ1) is 9.40. The van der Waals surface area contributed by atoms with Crippen LogP contribution in [0.15, 0.2) is 44.4 Å². The first-order valence-corrected chi connectivity index (χ1v) is 9.05. The monoisotopic (exact) mass is 374 g/mol. The quantitative estimate of drug-likeness (QED) is 0.844. The Labute approximate surface area is 131 Å². The van der Waals surface area contributed by atoms with Crippen LogP contribution in [-0.2, 0) is 10.0 Å². The zero-order valence-corrected chi connectivity index (χ0v) is 14.1. The second kappa shape index (κ2) is 6.36. The number of rotatable bonds is 5. The Kier molecular flexibility index (Phi) is 4.98. The van der Waals surface area contributed by atoms with Gasteiger partial charge in [-0.3, -0.25) is 0 Å². The van der Waals surface area contributed by atoms with Crippen molar-refractivity contribution in [2.75, 3.05) is 6.54 Å². The van der Waals surface area contributed by atoms with Crippen molar-refractivity contribution in [2.24, 2.45) is 5.73 Å². The molecule has 3 N–H and O–H groups in total. The fourth-order valence-electron chi connectivity index (χ4n) is 1.65. The maximum absolute atomic E-state index is 12.2. The molecule has 108 valence electrons. The number of nitrogens with one attached hydrogen (secondary N) is 1. The normalized spacial score (nSPS) is 13.3. The second-order valence-electron chi connectivity index (χ2n) is 4.39. The lowest BCUT2D eigenvalue weighted by Gasteiger charge is -2.12. The van der Waals surface area contributed by atoms with Gasteiger partial charge in [-0.15, -0.1) is 11.3 Å². The fourth-order valence-corrected chi connectivity index (χ4v) is 4.98. The van der Waals surface area contributed by atoms with E-state index in [1.807, 2.05) is 37.3 Å². The maximum Gasteiger partial charge on any atom is 0.250 e. The molecule has 4 nitrogen and oxygen atoms in total. The van der Waals surface area contributed by atoms with Gasteiger partial charge in [0.15, 0.2) is 0 Å². The van der Waals surface area contributed by atoms with Gasteiger partial charge in [0.05, 0.1) is 3.79 Å². The van der Waals surface area contributed by atoms with Gasteiger partial charge in [-0.1, -0.05) is 30.3 Å². The van der Waals surface area contributed by atoms with Crippen LogP contribution in [0.25, 0.3) is 0 Å². The molecule has 1 heterocycles. The van der Waals surface area contributed by atoms with E-state index in [1.54, 1.807) is 6.07 Å². The Morgan fingerprint density at radius 2 is 2.00 bits per heavy atom. The first kappa shape index (κ1) is 15.7. The molecule has 0 aliphatic heterocycles. The van der Waals surface area contributed by atoms with Gasteiger partial charge in [-0.2, -0.15) is 0 Å². The van der Waals surface area contributed by atoms with Crippen LogP contribution >= 0.6 is 27.3 Å². The zero-order valence-electron chi connectivity index (χ0n) is 10.8. The number of hydrogen-bond acceptors (Lipinski definition) is 4. The molecule has 0 aliphatic rings. The summed E-state index contributed by atoms with van der Waals surface area (Å²) in [5.74, 6) is 0. The Morgan fingerprint density at radius 3 is 2.55 bits per heavy atom. The van der Waals surface area contributed by atoms with Crippen LogP contribution < -0.4 is 10.5 Å². The molecule has 0 saturated carbocycles. The Bertz CT molecular complexity index is 664. The van der Waals surface area contributed by atoms with Crippen molar-refractivity contribution in [3.63, 3.8) is 0 Å². The van der Waals surface area contributed by atoms with Gasteiger partial charge >= 0.3 is 0 Å². The average Bonchev–Trinajstić information content (AvgIpc) is 2.78. The summed E-state index contributed by atoms with van der Waals surface area (Å²) < 4.78 is 28.0. The number of thiophene rings is 1. The summed E-state index contributed by atoms with van der Waals surface area (Å²) in [6, 6.07) is 10.7. The molecule has 0 aliphatic carbocycles. The maximum atomic E-state index is 12.2. The van der Waals surface area contributed by atoms with E-state index < -0.39 is 10.0 Å². The Morgan fingerprint density at radius 1 is 1.35 bits per heavy atom. The molecule has 1 atom stereocenters. The zero-order chi connectivity index (χ0) is 14.8. The Hall–Kier alpha value is -0.730. The highest BCUT2D eigenvalue weighted by Crippen LogP contribution is 2.30. The third-order valence-corrected chi connectivity index (χ3v) is 6.85. The van der Waals surface area contributed by atoms with Crippen molar-refractivity contribution >= 4 is 37.3 Å². The number of sulfonamides is 1. The average molecular weight is 375 g/mol. The smallest absolute Gasteiger partial charge is 0.250 e. The number of nitrogens with two attached hydrogens (primary N) is 1. The van der Waals surface area contributed by atoms with Crippen molar-refractivity contribution < 1.29 is 8.42 Å². The van der Waals surface area contributed by atoms with E-state index in [-0.39, 0.29) is 12.6 Å². The molecule has 0 fully saturated rings. The minimum atomic E-state index is -3.51. The molecule has 1 unspecified atom stereocenters. The van der Waals surface area contributed by atoms with Gasteiger partial charge in [0.2, 0.25) is 10.0 Å². The third kappa shape index (κ3) is 3.67. The highest BCUT2D eigenvalue weighted by molar-refractivity contribution is 9.11. The van der Waals surface area contributed by atoms with Crippen molar-refractivity contribution in [1.82, 2.24) is 4.72 Å². The summed E-state index contributed by atoms with van der Waals surface area (Å²) in [4.78, 5) is 0. The minimum absolute atomic E-state index is 0.168. The van der Waals surface area contributed by atoms with Crippen LogP contribution in [0.3, 0.4) is 0 Å². The minimum Gasteiger partial charge on any atom is -0.323 e. The van der Waals surface area contributed by atoms with Gasteiger partial charge in [0.1, 0.15) is 4.21 Å². The number of benzene rings is 1. The highest BCUT2D eigenvalue weighted by Gasteiger charge is 2.19. The standard InChI is InChI=1S/C13H15BrN2O2S2/c1-9-7-12(19-13(9)14)20(17,18)16-8-11(15)10-5-3-2-4-6-10/h2-7,11,16H,8,15H2,1H3. The number of halogens is 1. The van der Waals surface area contributed by atoms with E-state index in [9.17, 15) is 8.42 Å². The highest BCUT2D eigenvalue weighted by atomic mass is 79.9. The lowest BCUT2D eigenvalue weighted by molar-refractivity contribution is 0.574. The van der Waals surface area contributed by atoms with E-state index >= 15 is 0 Å². The molecule has 20 heavy (non-hydrogen) atoms. The predicted molar refractivity (Wildman–Crippen MR) is 85.3 cm³/mol. The molecule has 0 amide bonds. The van der Waals surface area contributed by atoms with E-state index in [0.29, 0.717) is 4.21 Å². The molecule has 0 saturated heterocycles. The second-order valence-corrected chi connectivity index (χ2v) is 8.76. The number of aryl methyl sites for hydroxylation is 1. The van der Waals surface area contributed by atoms with Crippen LogP contribution in [0.1, 0.15) is 17.2 Å². The summed E-state index contributed by atoms with van der Waals surface area (Å²) in [6.45, 7) is 2.02. The van der Waals surface area contributed by atoms with Gasteiger partial charge in [-0.05, 0) is 40.0 Å². The molecule has 2 aromatic rings. The topological polar surface area (TPSA) is 72.2 Å². The molecular weight excluding hydrogens is 360 g/mol. The lowest BCUT2D eigenvalue weighted by Crippen LogP contribution is -2.31. The van der Waals surface area contributed by atoms with Gasteiger partial charge in [0, 0.05) is 12.6 Å². The fraction of sp³-hybridized carbons (Fsp3) is 0.231. The first-order valence-electron chi connectivity index (χ1n) is 5.96. The predicted octanol–water partition coefficient (Wildman–Crippen LogP) is 2.80. The van der Waals surface area contributed by atoms with E-state index in [2.05, 4.69) is 20.7 Å². The van der Waals surface area contributed by atoms with E-state index in [4.69, 9.17) is 5.73 Å². The summed E-state index contributed by atoms with van der Waals surface area (Å²) in [5, 5.41) is 0. The molecule has 0 bridgehead atoms. The van der Waals surface area contributed by atoms with Crippen LogP contribution in [0, 0.1) is 6.92 Å². The van der Waals surface area contributed by atoms with Crippen molar-refractivity contribution in [2.45, 2.75) is 17.2 Å². The third-order valence-electron chi connectivity index (χ3n) is 2.82. The molecule has 0 spiro atoms. The largest absolute Gasteiger partial charge is 0.323 e. The molecule has 2 rings (SSSR count). The lowest BCUT2D eigenvalue weighted by atomic mass is 10.1. The van der Waals surface area contributed by atoms with Crippen LogP contribution in [0.5, 0.6) is 0 Å². The van der Waals surface area contributed by atoms with Crippen LogP contribution in [0.2, 0.25) is 0 Å². The van der Waals surface area contributed by atoms with Crippen molar-refractivity contribution in [3.8, 4) is 0 Å². The molecular formula is C13H15BrN2O2S2. The molecule has 1 aromatic heterocycles. The molecule has 7 heteroatoms. The van der Waals surface area contributed by atoms with Crippen LogP contribution in [-0.4, -0.2) is 15.0 Å². The summed E-state index contributed by atoms with van der Waals surface area (Å²) in [6.07, 6.45) is 0. The molecule has 1 aromatic carbocycles. The van der Waals surface area contributed by atoms with E-state index in [0.717, 1.165) is 14.9 Å². The van der Waals surface area contributed by atoms with Gasteiger partial charge in [-0.25, -0.2) is 13.1 Å². The van der Waals surface area contributed by atoms with Crippen molar-refractivity contribution in [1.29, 1.82) is 0 Å².